The SMILES string of the molecule is O=C(Nc1ccccc1)[C@@H]1CSCN1S(=O)(=O)c1ccccc1C(F)(F)F. The fourth-order valence-corrected chi connectivity index (χ4v) is 6.03. The fourth-order valence-electron chi connectivity index (χ4n) is 2.67. The summed E-state index contributed by atoms with van der Waals surface area (Å²) in [6.07, 6.45) is -4.82. The maximum atomic E-state index is 13.2. The van der Waals surface area contributed by atoms with Gasteiger partial charge in [0, 0.05) is 11.4 Å². The number of carbonyl (C=O) groups excluding carboxylic acids is 1. The van der Waals surface area contributed by atoms with Gasteiger partial charge in [-0.1, -0.05) is 30.3 Å². The van der Waals surface area contributed by atoms with Gasteiger partial charge < -0.3 is 5.32 Å². The molecule has 1 amide bonds. The first-order chi connectivity index (χ1) is 12.7. The third-order valence-electron chi connectivity index (χ3n) is 3.96. The molecule has 2 aromatic rings. The van der Waals surface area contributed by atoms with Crippen LogP contribution in [0.25, 0.3) is 0 Å². The molecule has 2 aromatic carbocycles. The van der Waals surface area contributed by atoms with Crippen LogP contribution in [0.15, 0.2) is 59.5 Å². The van der Waals surface area contributed by atoms with E-state index in [0.29, 0.717) is 5.69 Å². The summed E-state index contributed by atoms with van der Waals surface area (Å²) in [5.74, 6) is -0.521. The highest BCUT2D eigenvalue weighted by Gasteiger charge is 2.44. The zero-order valence-electron chi connectivity index (χ0n) is 13.8. The summed E-state index contributed by atoms with van der Waals surface area (Å²) in [6, 6.07) is 11.3. The molecule has 1 atom stereocenters. The summed E-state index contributed by atoms with van der Waals surface area (Å²) in [5.41, 5.74) is -0.767. The molecule has 144 valence electrons. The Bertz CT molecular complexity index is 934. The van der Waals surface area contributed by atoms with E-state index in [1.54, 1.807) is 30.3 Å². The van der Waals surface area contributed by atoms with Gasteiger partial charge in [0.15, 0.2) is 0 Å². The predicted molar refractivity (Wildman–Crippen MR) is 96.7 cm³/mol. The molecular formula is C17H15F3N2O3S2. The van der Waals surface area contributed by atoms with Gasteiger partial charge in [0.1, 0.15) is 6.04 Å². The Labute approximate surface area is 158 Å². The van der Waals surface area contributed by atoms with Crippen molar-refractivity contribution in [3.8, 4) is 0 Å². The second-order valence-corrected chi connectivity index (χ2v) is 8.62. The van der Waals surface area contributed by atoms with Crippen molar-refractivity contribution in [1.29, 1.82) is 0 Å². The van der Waals surface area contributed by atoms with Gasteiger partial charge in [-0.15, -0.1) is 11.8 Å². The van der Waals surface area contributed by atoms with Gasteiger partial charge in [0.2, 0.25) is 15.9 Å². The first-order valence-electron chi connectivity index (χ1n) is 7.83. The minimum absolute atomic E-state index is 0.0958. The van der Waals surface area contributed by atoms with E-state index in [1.807, 2.05) is 0 Å². The molecule has 1 aliphatic rings. The minimum atomic E-state index is -4.82. The van der Waals surface area contributed by atoms with Gasteiger partial charge in [-0.3, -0.25) is 4.79 Å². The quantitative estimate of drug-likeness (QED) is 0.830. The molecular weight excluding hydrogens is 401 g/mol. The minimum Gasteiger partial charge on any atom is -0.325 e. The monoisotopic (exact) mass is 416 g/mol. The normalized spacial score (nSPS) is 18.4. The molecule has 0 spiro atoms. The van der Waals surface area contributed by atoms with Crippen LogP contribution < -0.4 is 5.32 Å². The third-order valence-corrected chi connectivity index (χ3v) is 7.05. The maximum Gasteiger partial charge on any atom is 0.417 e. The van der Waals surface area contributed by atoms with Crippen molar-refractivity contribution in [3.05, 3.63) is 60.2 Å². The standard InChI is InChI=1S/C17H15F3N2O3S2/c18-17(19,20)13-8-4-5-9-15(13)27(24,25)22-11-26-10-14(22)16(23)21-12-6-2-1-3-7-12/h1-9,14H,10-11H2,(H,21,23)/t14-/m0/s1. The van der Waals surface area contributed by atoms with Crippen LogP contribution in [0.1, 0.15) is 5.56 Å². The molecule has 1 aliphatic heterocycles. The first kappa shape index (κ1) is 19.7. The highest BCUT2D eigenvalue weighted by Crippen LogP contribution is 2.37. The van der Waals surface area contributed by atoms with Gasteiger partial charge in [-0.25, -0.2) is 8.42 Å². The number of hydrogen-bond acceptors (Lipinski definition) is 4. The van der Waals surface area contributed by atoms with Gasteiger partial charge in [-0.2, -0.15) is 17.5 Å². The Hall–Kier alpha value is -2.04. The Morgan fingerprint density at radius 2 is 1.70 bits per heavy atom. The van der Waals surface area contributed by atoms with Gasteiger partial charge in [0.05, 0.1) is 16.3 Å². The number of sulfonamides is 1. The van der Waals surface area contributed by atoms with E-state index >= 15 is 0 Å². The molecule has 1 saturated heterocycles. The zero-order valence-corrected chi connectivity index (χ0v) is 15.4. The summed E-state index contributed by atoms with van der Waals surface area (Å²) in [7, 11) is -4.51. The molecule has 1 heterocycles. The lowest BCUT2D eigenvalue weighted by Crippen LogP contribution is -2.44. The average Bonchev–Trinajstić information content (AvgIpc) is 3.13. The van der Waals surface area contributed by atoms with Crippen molar-refractivity contribution in [2.75, 3.05) is 16.9 Å². The maximum absolute atomic E-state index is 13.2. The Balaban J connectivity index is 1.92. The summed E-state index contributed by atoms with van der Waals surface area (Å²) in [5, 5.41) is 2.60. The average molecular weight is 416 g/mol. The summed E-state index contributed by atoms with van der Waals surface area (Å²) < 4.78 is 66.3. The lowest BCUT2D eigenvalue weighted by atomic mass is 10.2. The molecule has 5 nitrogen and oxygen atoms in total. The number of anilines is 1. The molecule has 10 heteroatoms. The van der Waals surface area contributed by atoms with Crippen molar-refractivity contribution < 1.29 is 26.4 Å². The Morgan fingerprint density at radius 3 is 2.37 bits per heavy atom. The molecule has 1 N–H and O–H groups in total. The lowest BCUT2D eigenvalue weighted by molar-refractivity contribution is -0.139. The van der Waals surface area contributed by atoms with Crippen LogP contribution in [0.5, 0.6) is 0 Å². The van der Waals surface area contributed by atoms with Crippen LogP contribution in [0.2, 0.25) is 0 Å². The smallest absolute Gasteiger partial charge is 0.325 e. The Kier molecular flexibility index (Phi) is 5.50. The molecule has 0 aromatic heterocycles. The van der Waals surface area contributed by atoms with Crippen molar-refractivity contribution >= 4 is 33.4 Å². The summed E-state index contributed by atoms with van der Waals surface area (Å²) in [4.78, 5) is 11.7. The number of amides is 1. The van der Waals surface area contributed by atoms with E-state index in [2.05, 4.69) is 5.32 Å². The van der Waals surface area contributed by atoms with Crippen molar-refractivity contribution in [2.24, 2.45) is 0 Å². The summed E-state index contributed by atoms with van der Waals surface area (Å²) >= 11 is 1.17. The topological polar surface area (TPSA) is 66.5 Å². The van der Waals surface area contributed by atoms with E-state index in [-0.39, 0.29) is 11.6 Å². The first-order valence-corrected chi connectivity index (χ1v) is 10.4. The number of hydrogen-bond donors (Lipinski definition) is 1. The molecule has 0 aliphatic carbocycles. The molecule has 0 bridgehead atoms. The van der Waals surface area contributed by atoms with Crippen LogP contribution >= 0.6 is 11.8 Å². The number of thioether (sulfide) groups is 1. The van der Waals surface area contributed by atoms with Gasteiger partial charge >= 0.3 is 6.18 Å². The Morgan fingerprint density at radius 1 is 1.07 bits per heavy atom. The molecule has 27 heavy (non-hydrogen) atoms. The second kappa shape index (κ2) is 7.53. The highest BCUT2D eigenvalue weighted by molar-refractivity contribution is 8.00. The third kappa shape index (κ3) is 4.12. The number of benzene rings is 2. The van der Waals surface area contributed by atoms with Gasteiger partial charge in [-0.05, 0) is 24.3 Å². The summed E-state index contributed by atoms with van der Waals surface area (Å²) in [6.45, 7) is 0. The molecule has 0 radical (unpaired) electrons. The van der Waals surface area contributed by atoms with Crippen LogP contribution in [-0.4, -0.2) is 36.3 Å². The lowest BCUT2D eigenvalue weighted by Gasteiger charge is -2.24. The zero-order chi connectivity index (χ0) is 19.7. The molecule has 1 fully saturated rings. The number of nitrogens with zero attached hydrogens (tertiary/aromatic N) is 1. The van der Waals surface area contributed by atoms with E-state index in [1.165, 1.54) is 17.8 Å². The number of alkyl halides is 3. The number of carbonyl (C=O) groups is 1. The van der Waals surface area contributed by atoms with Crippen molar-refractivity contribution in [1.82, 2.24) is 4.31 Å². The number of nitrogens with one attached hydrogen (secondary N) is 1. The van der Waals surface area contributed by atoms with E-state index in [0.717, 1.165) is 22.5 Å². The van der Waals surface area contributed by atoms with Crippen LogP contribution in [0.3, 0.4) is 0 Å². The number of para-hydroxylation sites is 1. The highest BCUT2D eigenvalue weighted by atomic mass is 32.2. The van der Waals surface area contributed by atoms with Crippen LogP contribution in [-0.2, 0) is 21.0 Å². The molecule has 0 saturated carbocycles. The van der Waals surface area contributed by atoms with E-state index in [4.69, 9.17) is 0 Å². The fraction of sp³-hybridized carbons (Fsp3) is 0.235. The van der Waals surface area contributed by atoms with Crippen molar-refractivity contribution in [2.45, 2.75) is 17.1 Å². The van der Waals surface area contributed by atoms with E-state index in [9.17, 15) is 26.4 Å². The molecule has 3 rings (SSSR count). The number of halogens is 3. The van der Waals surface area contributed by atoms with E-state index < -0.39 is 38.6 Å². The predicted octanol–water partition coefficient (Wildman–Crippen LogP) is 3.41. The number of rotatable bonds is 4. The largest absolute Gasteiger partial charge is 0.417 e. The van der Waals surface area contributed by atoms with Crippen LogP contribution in [0, 0.1) is 0 Å². The molecule has 0 unspecified atom stereocenters. The van der Waals surface area contributed by atoms with Crippen molar-refractivity contribution in [3.63, 3.8) is 0 Å². The van der Waals surface area contributed by atoms with Gasteiger partial charge in [0.25, 0.3) is 0 Å². The van der Waals surface area contributed by atoms with Crippen LogP contribution in [0.4, 0.5) is 18.9 Å². The second-order valence-electron chi connectivity index (χ2n) is 5.76.